The normalized spacial score (nSPS) is 19.1. The zero-order valence-electron chi connectivity index (χ0n) is 12.2. The Bertz CT molecular complexity index is 439. The maximum Gasteiger partial charge on any atom is 0.338 e. The molecule has 0 radical (unpaired) electrons. The lowest BCUT2D eigenvalue weighted by Crippen LogP contribution is -2.35. The smallest absolute Gasteiger partial charge is 0.338 e. The van der Waals surface area contributed by atoms with Gasteiger partial charge in [-0.15, -0.1) is 0 Å². The van der Waals surface area contributed by atoms with Gasteiger partial charge < -0.3 is 14.8 Å². The number of ether oxygens (including phenoxy) is 2. The van der Waals surface area contributed by atoms with E-state index in [1.54, 1.807) is 6.07 Å². The maximum atomic E-state index is 11.8. The summed E-state index contributed by atoms with van der Waals surface area (Å²) < 4.78 is 11.1. The van der Waals surface area contributed by atoms with Crippen LogP contribution in [0.3, 0.4) is 0 Å². The molecule has 1 fully saturated rings. The van der Waals surface area contributed by atoms with Crippen molar-refractivity contribution in [2.45, 2.75) is 45.5 Å². The van der Waals surface area contributed by atoms with E-state index in [9.17, 15) is 4.79 Å². The molecule has 1 atom stereocenters. The van der Waals surface area contributed by atoms with E-state index in [1.807, 2.05) is 32.0 Å². The van der Waals surface area contributed by atoms with Crippen molar-refractivity contribution < 1.29 is 14.3 Å². The first-order valence-electron chi connectivity index (χ1n) is 7.27. The minimum atomic E-state index is -0.277. The van der Waals surface area contributed by atoms with Crippen molar-refractivity contribution in [2.75, 3.05) is 13.1 Å². The third-order valence-electron chi connectivity index (χ3n) is 3.24. The molecule has 110 valence electrons. The number of nitrogens with one attached hydrogen (secondary N) is 1. The molecule has 0 spiro atoms. The number of piperidine rings is 1. The van der Waals surface area contributed by atoms with E-state index in [1.165, 1.54) is 0 Å². The van der Waals surface area contributed by atoms with Gasteiger partial charge in [0, 0.05) is 6.54 Å². The first-order chi connectivity index (χ1) is 9.65. The predicted octanol–water partition coefficient (Wildman–Crippen LogP) is 2.52. The van der Waals surface area contributed by atoms with Gasteiger partial charge in [-0.1, -0.05) is 12.1 Å². The van der Waals surface area contributed by atoms with Gasteiger partial charge >= 0.3 is 5.97 Å². The molecule has 1 heterocycles. The Morgan fingerprint density at radius 3 is 3.00 bits per heavy atom. The fraction of sp³-hybridized carbons (Fsp3) is 0.562. The zero-order chi connectivity index (χ0) is 14.4. The standard InChI is InChI=1S/C16H23NO3/c1-12(2)20-16(18)14-6-3-5-13(9-14)11-19-15-7-4-8-17-10-15/h3,5-6,9,12,15,17H,4,7-8,10-11H2,1-2H3. The number of hydrogen-bond donors (Lipinski definition) is 1. The van der Waals surface area contributed by atoms with Crippen molar-refractivity contribution in [1.82, 2.24) is 5.32 Å². The predicted molar refractivity (Wildman–Crippen MR) is 77.7 cm³/mol. The Labute approximate surface area is 120 Å². The molecule has 1 aromatic carbocycles. The van der Waals surface area contributed by atoms with E-state index in [0.29, 0.717) is 12.2 Å². The topological polar surface area (TPSA) is 47.6 Å². The SMILES string of the molecule is CC(C)OC(=O)c1cccc(COC2CCCNC2)c1. The Morgan fingerprint density at radius 1 is 1.45 bits per heavy atom. The summed E-state index contributed by atoms with van der Waals surface area (Å²) in [5.41, 5.74) is 1.59. The van der Waals surface area contributed by atoms with Crippen LogP contribution >= 0.6 is 0 Å². The molecule has 1 aromatic rings. The highest BCUT2D eigenvalue weighted by atomic mass is 16.5. The summed E-state index contributed by atoms with van der Waals surface area (Å²) in [6.07, 6.45) is 2.43. The van der Waals surface area contributed by atoms with Gasteiger partial charge in [-0.2, -0.15) is 0 Å². The minimum absolute atomic E-state index is 0.101. The average molecular weight is 277 g/mol. The van der Waals surface area contributed by atoms with Crippen LogP contribution in [0.1, 0.15) is 42.6 Å². The molecule has 1 aliphatic heterocycles. The van der Waals surface area contributed by atoms with Crippen LogP contribution < -0.4 is 5.32 Å². The van der Waals surface area contributed by atoms with E-state index < -0.39 is 0 Å². The number of carbonyl (C=O) groups is 1. The number of benzene rings is 1. The van der Waals surface area contributed by atoms with Crippen molar-refractivity contribution >= 4 is 5.97 Å². The quantitative estimate of drug-likeness (QED) is 0.840. The van der Waals surface area contributed by atoms with Gasteiger partial charge in [0.25, 0.3) is 0 Å². The van der Waals surface area contributed by atoms with Gasteiger partial charge in [-0.3, -0.25) is 0 Å². The van der Waals surface area contributed by atoms with Crippen LogP contribution in [0.5, 0.6) is 0 Å². The molecule has 1 aliphatic rings. The molecule has 2 rings (SSSR count). The highest BCUT2D eigenvalue weighted by molar-refractivity contribution is 5.89. The Hall–Kier alpha value is -1.39. The molecule has 0 bridgehead atoms. The molecule has 0 aromatic heterocycles. The number of hydrogen-bond acceptors (Lipinski definition) is 4. The molecule has 1 saturated heterocycles. The van der Waals surface area contributed by atoms with Gasteiger partial charge in [0.05, 0.1) is 24.4 Å². The second kappa shape index (κ2) is 7.41. The monoisotopic (exact) mass is 277 g/mol. The highest BCUT2D eigenvalue weighted by Crippen LogP contribution is 2.12. The van der Waals surface area contributed by atoms with Crippen molar-refractivity contribution in [3.05, 3.63) is 35.4 Å². The fourth-order valence-electron chi connectivity index (χ4n) is 2.25. The summed E-state index contributed by atoms with van der Waals surface area (Å²) in [5.74, 6) is -0.277. The summed E-state index contributed by atoms with van der Waals surface area (Å²) in [7, 11) is 0. The van der Waals surface area contributed by atoms with E-state index in [2.05, 4.69) is 5.32 Å². The second-order valence-electron chi connectivity index (χ2n) is 5.43. The number of esters is 1. The summed E-state index contributed by atoms with van der Waals surface area (Å²) in [5, 5.41) is 3.32. The van der Waals surface area contributed by atoms with Crippen LogP contribution in [-0.2, 0) is 16.1 Å². The summed E-state index contributed by atoms with van der Waals surface area (Å²) >= 11 is 0. The minimum Gasteiger partial charge on any atom is -0.459 e. The van der Waals surface area contributed by atoms with E-state index >= 15 is 0 Å². The van der Waals surface area contributed by atoms with Gasteiger partial charge in [-0.25, -0.2) is 4.79 Å². The summed E-state index contributed by atoms with van der Waals surface area (Å²) in [6.45, 7) is 6.22. The molecular formula is C16H23NO3. The number of carbonyl (C=O) groups excluding carboxylic acids is 1. The van der Waals surface area contributed by atoms with Crippen LogP contribution in [0.15, 0.2) is 24.3 Å². The molecule has 4 nitrogen and oxygen atoms in total. The van der Waals surface area contributed by atoms with Gasteiger partial charge in [0.15, 0.2) is 0 Å². The molecule has 1 N–H and O–H groups in total. The average Bonchev–Trinajstić information content (AvgIpc) is 2.46. The highest BCUT2D eigenvalue weighted by Gasteiger charge is 2.14. The summed E-state index contributed by atoms with van der Waals surface area (Å²) in [4.78, 5) is 11.8. The van der Waals surface area contributed by atoms with E-state index in [4.69, 9.17) is 9.47 Å². The maximum absolute atomic E-state index is 11.8. The first kappa shape index (κ1) is 15.0. The van der Waals surface area contributed by atoms with Crippen molar-refractivity contribution in [2.24, 2.45) is 0 Å². The van der Waals surface area contributed by atoms with Crippen LogP contribution in [0.4, 0.5) is 0 Å². The van der Waals surface area contributed by atoms with Crippen LogP contribution in [0.25, 0.3) is 0 Å². The van der Waals surface area contributed by atoms with Gasteiger partial charge in [-0.05, 0) is 50.9 Å². The van der Waals surface area contributed by atoms with Gasteiger partial charge in [0.1, 0.15) is 0 Å². The third-order valence-corrected chi connectivity index (χ3v) is 3.24. The Morgan fingerprint density at radius 2 is 2.30 bits per heavy atom. The zero-order valence-corrected chi connectivity index (χ0v) is 12.2. The van der Waals surface area contributed by atoms with Crippen molar-refractivity contribution in [1.29, 1.82) is 0 Å². The third kappa shape index (κ3) is 4.62. The lowest BCUT2D eigenvalue weighted by Gasteiger charge is -2.23. The lowest BCUT2D eigenvalue weighted by molar-refractivity contribution is 0.0251. The molecule has 20 heavy (non-hydrogen) atoms. The first-order valence-corrected chi connectivity index (χ1v) is 7.27. The van der Waals surface area contributed by atoms with E-state index in [-0.39, 0.29) is 18.2 Å². The molecule has 4 heteroatoms. The lowest BCUT2D eigenvalue weighted by atomic mass is 10.1. The van der Waals surface area contributed by atoms with Crippen LogP contribution in [-0.4, -0.2) is 31.3 Å². The second-order valence-corrected chi connectivity index (χ2v) is 5.43. The molecule has 1 unspecified atom stereocenters. The largest absolute Gasteiger partial charge is 0.459 e. The van der Waals surface area contributed by atoms with Crippen molar-refractivity contribution in [3.63, 3.8) is 0 Å². The summed E-state index contributed by atoms with van der Waals surface area (Å²) in [6, 6.07) is 7.47. The van der Waals surface area contributed by atoms with Gasteiger partial charge in [0.2, 0.25) is 0 Å². The van der Waals surface area contributed by atoms with Crippen molar-refractivity contribution in [3.8, 4) is 0 Å². The van der Waals surface area contributed by atoms with E-state index in [0.717, 1.165) is 31.5 Å². The molecule has 0 aliphatic carbocycles. The Balaban J connectivity index is 1.90. The van der Waals surface area contributed by atoms with Crippen LogP contribution in [0.2, 0.25) is 0 Å². The molecule has 0 saturated carbocycles. The number of rotatable bonds is 5. The Kier molecular flexibility index (Phi) is 5.56. The van der Waals surface area contributed by atoms with Crippen LogP contribution in [0, 0.1) is 0 Å². The molecule has 0 amide bonds. The fourth-order valence-corrected chi connectivity index (χ4v) is 2.25. The molecular weight excluding hydrogens is 254 g/mol.